The number of rotatable bonds is 5. The van der Waals surface area contributed by atoms with Gasteiger partial charge in [-0.05, 0) is 24.2 Å². The van der Waals surface area contributed by atoms with Gasteiger partial charge in [-0.25, -0.2) is 0 Å². The van der Waals surface area contributed by atoms with Crippen LogP contribution in [0.4, 0.5) is 0 Å². The van der Waals surface area contributed by atoms with Gasteiger partial charge in [0.1, 0.15) is 0 Å². The van der Waals surface area contributed by atoms with E-state index >= 15 is 0 Å². The van der Waals surface area contributed by atoms with Crippen LogP contribution in [-0.2, 0) is 28.6 Å². The molecule has 0 aliphatic rings. The van der Waals surface area contributed by atoms with Crippen LogP contribution in [-0.4, -0.2) is 23.2 Å². The van der Waals surface area contributed by atoms with E-state index < -0.39 is 8.32 Å². The Morgan fingerprint density at radius 3 is 2.55 bits per heavy atom. The zero-order chi connectivity index (χ0) is 15.6. The Kier molecular flexibility index (Phi) is 5.63. The summed E-state index contributed by atoms with van der Waals surface area (Å²) in [6.45, 7) is 13.4. The molecule has 6 heteroatoms. The molecular formula is C14H26N2O2SSi. The Morgan fingerprint density at radius 1 is 1.45 bits per heavy atom. The van der Waals surface area contributed by atoms with Crippen LogP contribution in [0.3, 0.4) is 0 Å². The summed E-state index contributed by atoms with van der Waals surface area (Å²) in [4.78, 5) is 11.0. The lowest BCUT2D eigenvalue weighted by Crippen LogP contribution is -2.40. The minimum Gasteiger partial charge on any atom is -0.411 e. The first-order valence-electron chi connectivity index (χ1n) is 6.82. The predicted octanol–water partition coefficient (Wildman–Crippen LogP) is 3.72. The lowest BCUT2D eigenvalue weighted by molar-refractivity contribution is -0.109. The normalized spacial score (nSPS) is 12.8. The molecule has 0 fully saturated rings. The van der Waals surface area contributed by atoms with Gasteiger partial charge in [-0.1, -0.05) is 32.5 Å². The Balaban J connectivity index is 2.67. The van der Waals surface area contributed by atoms with Gasteiger partial charge in [0.05, 0.1) is 18.0 Å². The highest BCUT2D eigenvalue weighted by molar-refractivity contribution is 8.12. The van der Waals surface area contributed by atoms with Crippen LogP contribution in [0.2, 0.25) is 18.1 Å². The minimum absolute atomic E-state index is 0.120. The monoisotopic (exact) mass is 314 g/mol. The molecule has 0 saturated carbocycles. The number of aromatic nitrogens is 2. The minimum atomic E-state index is -1.74. The van der Waals surface area contributed by atoms with Gasteiger partial charge >= 0.3 is 0 Å². The van der Waals surface area contributed by atoms with E-state index in [0.29, 0.717) is 12.4 Å². The molecular weight excluding hydrogens is 288 g/mol. The van der Waals surface area contributed by atoms with Gasteiger partial charge in [0, 0.05) is 19.7 Å². The molecule has 1 heterocycles. The maximum atomic E-state index is 11.0. The van der Waals surface area contributed by atoms with E-state index in [1.165, 1.54) is 11.8 Å². The molecule has 0 bridgehead atoms. The highest BCUT2D eigenvalue weighted by Gasteiger charge is 2.37. The number of carbonyl (C=O) groups excluding carboxylic acids is 1. The molecule has 0 aliphatic heterocycles. The smallest absolute Gasteiger partial charge is 0.192 e. The van der Waals surface area contributed by atoms with Crippen molar-refractivity contribution in [3.05, 3.63) is 17.5 Å². The second-order valence-electron chi connectivity index (χ2n) is 6.58. The van der Waals surface area contributed by atoms with Gasteiger partial charge in [0.15, 0.2) is 13.4 Å². The lowest BCUT2D eigenvalue weighted by atomic mass is 10.2. The van der Waals surface area contributed by atoms with E-state index in [1.54, 1.807) is 6.92 Å². The average molecular weight is 315 g/mol. The summed E-state index contributed by atoms with van der Waals surface area (Å²) < 4.78 is 8.05. The van der Waals surface area contributed by atoms with E-state index in [0.717, 1.165) is 11.4 Å². The molecule has 0 radical (unpaired) electrons. The standard InChI is InChI=1S/C14H26N2O2SSi/c1-11(17)19-10-12-8-13(16(5)15-12)9-18-20(6,7)14(2,3)4/h8H,9-10H2,1-7H3. The summed E-state index contributed by atoms with van der Waals surface area (Å²) in [5, 5.41) is 4.75. The third-order valence-corrected chi connectivity index (χ3v) is 9.16. The Morgan fingerprint density at radius 2 is 2.05 bits per heavy atom. The number of carbonyl (C=O) groups is 1. The van der Waals surface area contributed by atoms with E-state index in [2.05, 4.69) is 39.0 Å². The zero-order valence-corrected chi connectivity index (χ0v) is 15.4. The van der Waals surface area contributed by atoms with Crippen LogP contribution < -0.4 is 0 Å². The molecule has 1 aromatic rings. The fourth-order valence-corrected chi connectivity index (χ4v) is 2.86. The number of hydrogen-bond acceptors (Lipinski definition) is 4. The first kappa shape index (κ1) is 17.5. The van der Waals surface area contributed by atoms with Crippen molar-refractivity contribution in [1.82, 2.24) is 9.78 Å². The number of hydrogen-bond donors (Lipinski definition) is 0. The van der Waals surface area contributed by atoms with Gasteiger partial charge in [-0.3, -0.25) is 9.48 Å². The first-order valence-corrected chi connectivity index (χ1v) is 10.7. The summed E-state index contributed by atoms with van der Waals surface area (Å²) in [5.74, 6) is 0.628. The Labute approximate surface area is 127 Å². The molecule has 1 aromatic heterocycles. The fraction of sp³-hybridized carbons (Fsp3) is 0.714. The fourth-order valence-electron chi connectivity index (χ4n) is 1.42. The molecule has 0 N–H and O–H groups in total. The quantitative estimate of drug-likeness (QED) is 0.777. The van der Waals surface area contributed by atoms with Crippen LogP contribution in [0, 0.1) is 0 Å². The molecule has 0 spiro atoms. The topological polar surface area (TPSA) is 44.1 Å². The van der Waals surface area contributed by atoms with Gasteiger partial charge in [0.2, 0.25) is 0 Å². The molecule has 4 nitrogen and oxygen atoms in total. The van der Waals surface area contributed by atoms with E-state index in [-0.39, 0.29) is 10.2 Å². The lowest BCUT2D eigenvalue weighted by Gasteiger charge is -2.36. The van der Waals surface area contributed by atoms with Crippen LogP contribution in [0.5, 0.6) is 0 Å². The van der Waals surface area contributed by atoms with Gasteiger partial charge in [0.25, 0.3) is 0 Å². The summed E-state index contributed by atoms with van der Waals surface area (Å²) in [7, 11) is 0.185. The number of nitrogens with zero attached hydrogens (tertiary/aromatic N) is 2. The second kappa shape index (κ2) is 6.45. The van der Waals surface area contributed by atoms with Crippen molar-refractivity contribution in [3.63, 3.8) is 0 Å². The van der Waals surface area contributed by atoms with Crippen molar-refractivity contribution >= 4 is 25.2 Å². The van der Waals surface area contributed by atoms with Gasteiger partial charge in [-0.15, -0.1) is 0 Å². The van der Waals surface area contributed by atoms with Crippen LogP contribution >= 0.6 is 11.8 Å². The second-order valence-corrected chi connectivity index (χ2v) is 12.5. The molecule has 0 saturated heterocycles. The molecule has 0 aromatic carbocycles. The summed E-state index contributed by atoms with van der Waals surface area (Å²) in [6.07, 6.45) is 0. The van der Waals surface area contributed by atoms with E-state index in [9.17, 15) is 4.79 Å². The third kappa shape index (κ3) is 4.75. The molecule has 20 heavy (non-hydrogen) atoms. The van der Waals surface area contributed by atoms with Crippen LogP contribution in [0.15, 0.2) is 6.07 Å². The van der Waals surface area contributed by atoms with Gasteiger partial charge < -0.3 is 4.43 Å². The maximum absolute atomic E-state index is 11.0. The molecule has 0 atom stereocenters. The highest BCUT2D eigenvalue weighted by atomic mass is 32.2. The van der Waals surface area contributed by atoms with E-state index in [1.807, 2.05) is 17.8 Å². The summed E-state index contributed by atoms with van der Waals surface area (Å²) in [6, 6.07) is 2.03. The molecule has 0 unspecified atom stereocenters. The van der Waals surface area contributed by atoms with Crippen molar-refractivity contribution in [2.45, 2.75) is 58.2 Å². The third-order valence-electron chi connectivity index (χ3n) is 3.84. The zero-order valence-electron chi connectivity index (χ0n) is 13.6. The average Bonchev–Trinajstić information content (AvgIpc) is 2.63. The van der Waals surface area contributed by atoms with Crippen LogP contribution in [0.25, 0.3) is 0 Å². The number of aryl methyl sites for hydroxylation is 1. The SMILES string of the molecule is CC(=O)SCc1cc(CO[Si](C)(C)C(C)(C)C)n(C)n1. The Bertz CT molecular complexity index is 478. The molecule has 0 amide bonds. The number of thioether (sulfide) groups is 1. The Hall–Kier alpha value is -0.593. The van der Waals surface area contributed by atoms with E-state index in [4.69, 9.17) is 4.43 Å². The maximum Gasteiger partial charge on any atom is 0.192 e. The molecule has 0 aliphatic carbocycles. The van der Waals surface area contributed by atoms with Crippen molar-refractivity contribution in [1.29, 1.82) is 0 Å². The van der Waals surface area contributed by atoms with Crippen molar-refractivity contribution in [3.8, 4) is 0 Å². The largest absolute Gasteiger partial charge is 0.411 e. The van der Waals surface area contributed by atoms with Crippen molar-refractivity contribution in [2.75, 3.05) is 0 Å². The van der Waals surface area contributed by atoms with Gasteiger partial charge in [-0.2, -0.15) is 5.10 Å². The first-order chi connectivity index (χ1) is 9.03. The highest BCUT2D eigenvalue weighted by Crippen LogP contribution is 2.37. The van der Waals surface area contributed by atoms with Crippen molar-refractivity contribution < 1.29 is 9.22 Å². The summed E-state index contributed by atoms with van der Waals surface area (Å²) >= 11 is 1.29. The van der Waals surface area contributed by atoms with Crippen molar-refractivity contribution in [2.24, 2.45) is 7.05 Å². The molecule has 1 rings (SSSR count). The summed E-state index contributed by atoms with van der Waals surface area (Å²) in [5.41, 5.74) is 2.00. The predicted molar refractivity (Wildman–Crippen MR) is 87.2 cm³/mol. The van der Waals surface area contributed by atoms with Crippen LogP contribution in [0.1, 0.15) is 39.1 Å². The molecule has 114 valence electrons.